The fraction of sp³-hybridized carbons (Fsp3) is 0.105. The van der Waals surface area contributed by atoms with E-state index >= 15 is 0 Å². The molecule has 5 nitrogen and oxygen atoms in total. The Hall–Kier alpha value is -3.13. The van der Waals surface area contributed by atoms with E-state index in [1.807, 2.05) is 0 Å². The predicted octanol–water partition coefficient (Wildman–Crippen LogP) is 3.84. The molecule has 2 aromatic heterocycles. The zero-order valence-corrected chi connectivity index (χ0v) is 14.9. The van der Waals surface area contributed by atoms with E-state index in [4.69, 9.17) is 0 Å². The van der Waals surface area contributed by atoms with Gasteiger partial charge in [-0.15, -0.1) is 11.3 Å². The molecule has 0 unspecified atom stereocenters. The number of benzene rings is 2. The molecule has 0 radical (unpaired) electrons. The number of halogens is 2. The second-order valence-electron chi connectivity index (χ2n) is 6.00. The van der Waals surface area contributed by atoms with Crippen molar-refractivity contribution in [3.63, 3.8) is 0 Å². The van der Waals surface area contributed by atoms with Crippen molar-refractivity contribution in [3.05, 3.63) is 70.3 Å². The Bertz CT molecular complexity index is 1250. The van der Waals surface area contributed by atoms with E-state index in [0.29, 0.717) is 31.8 Å². The molecular formula is C19H13F2N3O2S. The summed E-state index contributed by atoms with van der Waals surface area (Å²) in [6.07, 6.45) is 0. The van der Waals surface area contributed by atoms with Crippen molar-refractivity contribution in [2.24, 2.45) is 0 Å². The van der Waals surface area contributed by atoms with Gasteiger partial charge in [-0.05, 0) is 43.3 Å². The van der Waals surface area contributed by atoms with Crippen LogP contribution in [0.1, 0.15) is 5.82 Å². The van der Waals surface area contributed by atoms with Crippen LogP contribution in [0.5, 0.6) is 0 Å². The number of thiophene rings is 1. The summed E-state index contributed by atoms with van der Waals surface area (Å²) < 4.78 is 29.3. The van der Waals surface area contributed by atoms with Gasteiger partial charge < -0.3 is 5.32 Å². The number of fused-ring (bicyclic) bond motifs is 3. The van der Waals surface area contributed by atoms with E-state index in [0.717, 1.165) is 11.3 Å². The van der Waals surface area contributed by atoms with Gasteiger partial charge in [-0.2, -0.15) is 0 Å². The number of hydrogen-bond donors (Lipinski definition) is 1. The molecule has 8 heteroatoms. The molecule has 1 N–H and O–H groups in total. The van der Waals surface area contributed by atoms with Crippen LogP contribution in [0.3, 0.4) is 0 Å². The second-order valence-corrected chi connectivity index (χ2v) is 7.05. The van der Waals surface area contributed by atoms with E-state index in [9.17, 15) is 18.4 Å². The van der Waals surface area contributed by atoms with Gasteiger partial charge in [-0.1, -0.05) is 6.07 Å². The Kier molecular flexibility index (Phi) is 4.19. The van der Waals surface area contributed by atoms with E-state index in [1.54, 1.807) is 19.1 Å². The van der Waals surface area contributed by atoms with Crippen LogP contribution >= 0.6 is 11.3 Å². The smallest absolute Gasteiger partial charge is 0.272 e. The normalized spacial score (nSPS) is 11.2. The monoisotopic (exact) mass is 385 g/mol. The van der Waals surface area contributed by atoms with E-state index < -0.39 is 23.1 Å². The Morgan fingerprint density at radius 2 is 1.93 bits per heavy atom. The average Bonchev–Trinajstić information content (AvgIpc) is 3.00. The molecule has 27 heavy (non-hydrogen) atoms. The Morgan fingerprint density at radius 1 is 1.19 bits per heavy atom. The summed E-state index contributed by atoms with van der Waals surface area (Å²) in [5.41, 5.74) is 0.336. The number of carbonyl (C=O) groups is 1. The summed E-state index contributed by atoms with van der Waals surface area (Å²) in [5.74, 6) is -0.978. The number of nitrogens with zero attached hydrogens (tertiary/aromatic N) is 2. The lowest BCUT2D eigenvalue weighted by Crippen LogP contribution is -2.29. The fourth-order valence-corrected chi connectivity index (χ4v) is 4.00. The first kappa shape index (κ1) is 17.3. The van der Waals surface area contributed by atoms with Gasteiger partial charge in [-0.25, -0.2) is 13.8 Å². The van der Waals surface area contributed by atoms with Gasteiger partial charge >= 0.3 is 0 Å². The molecule has 136 valence electrons. The molecule has 0 fully saturated rings. The molecule has 4 aromatic rings. The number of rotatable bonds is 3. The van der Waals surface area contributed by atoms with Crippen LogP contribution in [0.4, 0.5) is 14.5 Å². The molecule has 2 aromatic carbocycles. The van der Waals surface area contributed by atoms with Crippen LogP contribution < -0.4 is 10.9 Å². The minimum absolute atomic E-state index is 0.248. The third kappa shape index (κ3) is 3.08. The first-order valence-electron chi connectivity index (χ1n) is 8.07. The van der Waals surface area contributed by atoms with Gasteiger partial charge in [-0.3, -0.25) is 14.2 Å². The molecule has 0 aliphatic rings. The van der Waals surface area contributed by atoms with E-state index in [1.165, 1.54) is 34.9 Å². The lowest BCUT2D eigenvalue weighted by molar-refractivity contribution is -0.116. The van der Waals surface area contributed by atoms with Crippen molar-refractivity contribution in [1.29, 1.82) is 0 Å². The number of aryl methyl sites for hydroxylation is 1. The van der Waals surface area contributed by atoms with Gasteiger partial charge in [0.15, 0.2) is 0 Å². The van der Waals surface area contributed by atoms with Crippen LogP contribution in [0, 0.1) is 18.6 Å². The Balaban J connectivity index is 1.72. The van der Waals surface area contributed by atoms with Crippen LogP contribution in [0.2, 0.25) is 0 Å². The maximum Gasteiger partial charge on any atom is 0.272 e. The number of aromatic nitrogens is 2. The second kappa shape index (κ2) is 6.55. The minimum Gasteiger partial charge on any atom is -0.325 e. The molecule has 0 saturated carbocycles. The fourth-order valence-electron chi connectivity index (χ4n) is 2.90. The zero-order chi connectivity index (χ0) is 19.1. The standard InChI is InChI=1S/C19H13F2N3O2S/c1-10-22-17-16-13(21)3-2-4-14(16)27-18(17)19(26)24(10)9-15(25)23-12-7-5-11(20)6-8-12/h2-8H,9H2,1H3,(H,23,25). The Morgan fingerprint density at radius 3 is 2.67 bits per heavy atom. The SMILES string of the molecule is Cc1nc2c(sc3cccc(F)c32)c(=O)n1CC(=O)Nc1ccc(F)cc1. The van der Waals surface area contributed by atoms with Crippen LogP contribution in [-0.4, -0.2) is 15.5 Å². The number of amides is 1. The topological polar surface area (TPSA) is 64.0 Å². The van der Waals surface area contributed by atoms with Gasteiger partial charge in [0.05, 0.1) is 10.9 Å². The summed E-state index contributed by atoms with van der Waals surface area (Å²) in [7, 11) is 0. The summed E-state index contributed by atoms with van der Waals surface area (Å²) in [4.78, 5) is 29.5. The Labute approximate surface area is 155 Å². The quantitative estimate of drug-likeness (QED) is 0.583. The lowest BCUT2D eigenvalue weighted by atomic mass is 10.2. The van der Waals surface area contributed by atoms with Crippen molar-refractivity contribution >= 4 is 43.2 Å². The van der Waals surface area contributed by atoms with Crippen molar-refractivity contribution in [2.75, 3.05) is 5.32 Å². The first-order valence-corrected chi connectivity index (χ1v) is 8.89. The third-order valence-corrected chi connectivity index (χ3v) is 5.30. The average molecular weight is 385 g/mol. The molecule has 4 rings (SSSR count). The van der Waals surface area contributed by atoms with Gasteiger partial charge in [0.25, 0.3) is 5.56 Å². The summed E-state index contributed by atoms with van der Waals surface area (Å²) in [6.45, 7) is 1.35. The van der Waals surface area contributed by atoms with Gasteiger partial charge in [0.1, 0.15) is 28.7 Å². The minimum atomic E-state index is -0.444. The number of carbonyl (C=O) groups excluding carboxylic acids is 1. The van der Waals surface area contributed by atoms with Crippen molar-refractivity contribution in [1.82, 2.24) is 9.55 Å². The van der Waals surface area contributed by atoms with E-state index in [2.05, 4.69) is 10.3 Å². The number of anilines is 1. The van der Waals surface area contributed by atoms with Crippen LogP contribution in [0.15, 0.2) is 47.3 Å². The van der Waals surface area contributed by atoms with Crippen LogP contribution in [0.25, 0.3) is 20.3 Å². The molecule has 0 bridgehead atoms. The van der Waals surface area contributed by atoms with Gasteiger partial charge in [0.2, 0.25) is 5.91 Å². The van der Waals surface area contributed by atoms with Crippen molar-refractivity contribution < 1.29 is 13.6 Å². The highest BCUT2D eigenvalue weighted by atomic mass is 32.1. The lowest BCUT2D eigenvalue weighted by Gasteiger charge is -2.10. The summed E-state index contributed by atoms with van der Waals surface area (Å²) in [6, 6.07) is 9.95. The molecule has 0 aliphatic carbocycles. The number of hydrogen-bond acceptors (Lipinski definition) is 4. The van der Waals surface area contributed by atoms with Crippen molar-refractivity contribution in [2.45, 2.75) is 13.5 Å². The molecule has 0 saturated heterocycles. The van der Waals surface area contributed by atoms with Crippen LogP contribution in [-0.2, 0) is 11.3 Å². The highest BCUT2D eigenvalue weighted by Gasteiger charge is 2.18. The molecule has 2 heterocycles. The summed E-state index contributed by atoms with van der Waals surface area (Å²) >= 11 is 1.15. The molecule has 0 atom stereocenters. The molecule has 1 amide bonds. The summed E-state index contributed by atoms with van der Waals surface area (Å²) in [5, 5.41) is 2.93. The highest BCUT2D eigenvalue weighted by molar-refractivity contribution is 7.25. The van der Waals surface area contributed by atoms with Gasteiger partial charge in [0, 0.05) is 10.4 Å². The predicted molar refractivity (Wildman–Crippen MR) is 101 cm³/mol. The molecule has 0 spiro atoms. The maximum atomic E-state index is 14.2. The highest BCUT2D eigenvalue weighted by Crippen LogP contribution is 2.32. The zero-order valence-electron chi connectivity index (χ0n) is 14.1. The first-order chi connectivity index (χ1) is 12.9. The number of nitrogens with one attached hydrogen (secondary N) is 1. The van der Waals surface area contributed by atoms with Crippen molar-refractivity contribution in [3.8, 4) is 0 Å². The third-order valence-electron chi connectivity index (χ3n) is 4.17. The molecular weight excluding hydrogens is 372 g/mol. The largest absolute Gasteiger partial charge is 0.325 e. The van der Waals surface area contributed by atoms with E-state index in [-0.39, 0.29) is 6.54 Å². The molecule has 0 aliphatic heterocycles. The maximum absolute atomic E-state index is 14.2.